The summed E-state index contributed by atoms with van der Waals surface area (Å²) in [5.41, 5.74) is 2.49. The van der Waals surface area contributed by atoms with Crippen LogP contribution in [0, 0.1) is 0 Å². The van der Waals surface area contributed by atoms with E-state index in [2.05, 4.69) is 11.4 Å². The Morgan fingerprint density at radius 3 is 3.00 bits per heavy atom. The molecule has 1 saturated heterocycles. The lowest BCUT2D eigenvalue weighted by molar-refractivity contribution is 0.475. The molecule has 68 valence electrons. The number of phenolic OH excluding ortho intramolecular Hbond substituents is 1. The minimum Gasteiger partial charge on any atom is -0.508 e. The van der Waals surface area contributed by atoms with E-state index in [1.807, 2.05) is 12.1 Å². The molecule has 2 rings (SSSR count). The van der Waals surface area contributed by atoms with Gasteiger partial charge in [0, 0.05) is 6.54 Å². The zero-order valence-electron chi connectivity index (χ0n) is 7.46. The van der Waals surface area contributed by atoms with E-state index in [1.54, 1.807) is 12.1 Å². The summed E-state index contributed by atoms with van der Waals surface area (Å²) in [5, 5.41) is 12.5. The average Bonchev–Trinajstić information content (AvgIpc) is 2.57. The van der Waals surface area contributed by atoms with E-state index in [4.69, 9.17) is 0 Å². The molecule has 0 bridgehead atoms. The second-order valence-electron chi connectivity index (χ2n) is 3.32. The first kappa shape index (κ1) is 8.32. The van der Waals surface area contributed by atoms with Crippen LogP contribution >= 0.6 is 0 Å². The molecular weight excluding hydrogens is 162 g/mol. The molecule has 13 heavy (non-hydrogen) atoms. The molecule has 1 aliphatic rings. The first-order valence-corrected chi connectivity index (χ1v) is 4.54. The number of aromatic hydroxyl groups is 1. The third-order valence-corrected chi connectivity index (χ3v) is 2.22. The summed E-state index contributed by atoms with van der Waals surface area (Å²) in [6.45, 7) is 2.06. The number of phenols is 1. The highest BCUT2D eigenvalue weighted by Crippen LogP contribution is 2.16. The monoisotopic (exact) mass is 175 g/mol. The molecular formula is C11H13NO. The van der Waals surface area contributed by atoms with Gasteiger partial charge in [-0.2, -0.15) is 0 Å². The van der Waals surface area contributed by atoms with Gasteiger partial charge in [0.2, 0.25) is 0 Å². The predicted molar refractivity (Wildman–Crippen MR) is 53.6 cm³/mol. The second kappa shape index (κ2) is 3.62. The molecule has 1 aromatic rings. The zero-order valence-corrected chi connectivity index (χ0v) is 7.46. The summed E-state index contributed by atoms with van der Waals surface area (Å²) < 4.78 is 0. The van der Waals surface area contributed by atoms with E-state index in [0.29, 0.717) is 5.75 Å². The van der Waals surface area contributed by atoms with Crippen LogP contribution in [-0.2, 0) is 0 Å². The summed E-state index contributed by atoms with van der Waals surface area (Å²) in [4.78, 5) is 0. The molecule has 0 spiro atoms. The van der Waals surface area contributed by atoms with Crippen LogP contribution in [0.5, 0.6) is 5.75 Å². The van der Waals surface area contributed by atoms with Gasteiger partial charge in [0.15, 0.2) is 0 Å². The van der Waals surface area contributed by atoms with Crippen LogP contribution in [0.15, 0.2) is 29.8 Å². The van der Waals surface area contributed by atoms with Gasteiger partial charge >= 0.3 is 0 Å². The third kappa shape index (κ3) is 2.10. The first-order valence-electron chi connectivity index (χ1n) is 4.54. The Balaban J connectivity index is 2.21. The van der Waals surface area contributed by atoms with Crippen LogP contribution in [0.1, 0.15) is 12.0 Å². The molecule has 2 heteroatoms. The fourth-order valence-electron chi connectivity index (χ4n) is 1.56. The van der Waals surface area contributed by atoms with Crippen LogP contribution in [0.2, 0.25) is 0 Å². The Kier molecular flexibility index (Phi) is 2.32. The Labute approximate surface area is 77.9 Å². The van der Waals surface area contributed by atoms with E-state index >= 15 is 0 Å². The molecule has 0 aromatic heterocycles. The van der Waals surface area contributed by atoms with Gasteiger partial charge in [-0.15, -0.1) is 0 Å². The van der Waals surface area contributed by atoms with Gasteiger partial charge in [0.1, 0.15) is 5.75 Å². The summed E-state index contributed by atoms with van der Waals surface area (Å²) in [7, 11) is 0. The molecule has 0 atom stereocenters. The minimum atomic E-state index is 0.334. The highest BCUT2D eigenvalue weighted by Gasteiger charge is 2.04. The van der Waals surface area contributed by atoms with Gasteiger partial charge in [-0.1, -0.05) is 23.8 Å². The lowest BCUT2D eigenvalue weighted by atomic mass is 10.1. The molecule has 0 radical (unpaired) electrons. The molecule has 1 aliphatic heterocycles. The van der Waals surface area contributed by atoms with Gasteiger partial charge < -0.3 is 10.4 Å². The molecule has 0 saturated carbocycles. The Morgan fingerprint density at radius 1 is 1.38 bits per heavy atom. The summed E-state index contributed by atoms with van der Waals surface area (Å²) >= 11 is 0. The second-order valence-corrected chi connectivity index (χ2v) is 3.32. The third-order valence-electron chi connectivity index (χ3n) is 2.22. The summed E-state index contributed by atoms with van der Waals surface area (Å²) in [5.74, 6) is 0.334. The number of benzene rings is 1. The van der Waals surface area contributed by atoms with E-state index < -0.39 is 0 Å². The van der Waals surface area contributed by atoms with Crippen LogP contribution in [0.3, 0.4) is 0 Å². The number of nitrogens with one attached hydrogen (secondary N) is 1. The predicted octanol–water partition coefficient (Wildman–Crippen LogP) is 1.77. The zero-order chi connectivity index (χ0) is 9.10. The smallest absolute Gasteiger partial charge is 0.116 e. The van der Waals surface area contributed by atoms with Crippen LogP contribution < -0.4 is 5.32 Å². The van der Waals surface area contributed by atoms with Gasteiger partial charge in [0.25, 0.3) is 0 Å². The summed E-state index contributed by atoms with van der Waals surface area (Å²) in [6, 6.07) is 7.34. The van der Waals surface area contributed by atoms with E-state index in [9.17, 15) is 5.11 Å². The number of hydrogen-bond donors (Lipinski definition) is 2. The van der Waals surface area contributed by atoms with Crippen molar-refractivity contribution in [2.75, 3.05) is 13.1 Å². The fourth-order valence-corrected chi connectivity index (χ4v) is 1.56. The fraction of sp³-hybridized carbons (Fsp3) is 0.273. The van der Waals surface area contributed by atoms with Crippen molar-refractivity contribution >= 4 is 6.08 Å². The highest BCUT2D eigenvalue weighted by atomic mass is 16.3. The number of hydrogen-bond acceptors (Lipinski definition) is 2. The standard InChI is InChI=1S/C11H13NO/c13-11-3-1-2-9(7-11)6-10-4-5-12-8-10/h1-3,6-7,12-13H,4-5,8H2. The largest absolute Gasteiger partial charge is 0.508 e. The van der Waals surface area contributed by atoms with Gasteiger partial charge in [-0.25, -0.2) is 0 Å². The Bertz CT molecular complexity index is 323. The normalized spacial score (nSPS) is 19.5. The first-order chi connectivity index (χ1) is 6.34. The maximum Gasteiger partial charge on any atom is 0.116 e. The van der Waals surface area contributed by atoms with E-state index in [0.717, 1.165) is 25.1 Å². The maximum atomic E-state index is 9.24. The van der Waals surface area contributed by atoms with Crippen LogP contribution in [0.4, 0.5) is 0 Å². The van der Waals surface area contributed by atoms with Crippen LogP contribution in [-0.4, -0.2) is 18.2 Å². The van der Waals surface area contributed by atoms with Crippen molar-refractivity contribution in [1.82, 2.24) is 5.32 Å². The lowest BCUT2D eigenvalue weighted by Gasteiger charge is -1.97. The quantitative estimate of drug-likeness (QED) is 0.681. The SMILES string of the molecule is Oc1cccc(C=C2CCNC2)c1. The molecule has 2 nitrogen and oxygen atoms in total. The van der Waals surface area contributed by atoms with Gasteiger partial charge in [-0.05, 0) is 30.7 Å². The van der Waals surface area contributed by atoms with Gasteiger partial charge in [-0.3, -0.25) is 0 Å². The molecule has 1 aromatic carbocycles. The highest BCUT2D eigenvalue weighted by molar-refractivity contribution is 5.55. The van der Waals surface area contributed by atoms with Crippen molar-refractivity contribution in [3.8, 4) is 5.75 Å². The Hall–Kier alpha value is -1.28. The molecule has 2 N–H and O–H groups in total. The van der Waals surface area contributed by atoms with E-state index in [-0.39, 0.29) is 0 Å². The Morgan fingerprint density at radius 2 is 2.31 bits per heavy atom. The van der Waals surface area contributed by atoms with Crippen molar-refractivity contribution < 1.29 is 5.11 Å². The summed E-state index contributed by atoms with van der Waals surface area (Å²) in [6.07, 6.45) is 3.26. The van der Waals surface area contributed by atoms with Crippen LogP contribution in [0.25, 0.3) is 6.08 Å². The maximum absolute atomic E-state index is 9.24. The number of rotatable bonds is 1. The molecule has 1 fully saturated rings. The van der Waals surface area contributed by atoms with Crippen molar-refractivity contribution in [2.45, 2.75) is 6.42 Å². The van der Waals surface area contributed by atoms with Crippen molar-refractivity contribution in [1.29, 1.82) is 0 Å². The van der Waals surface area contributed by atoms with Crippen molar-refractivity contribution in [3.05, 3.63) is 35.4 Å². The lowest BCUT2D eigenvalue weighted by Crippen LogP contribution is -2.04. The molecule has 1 heterocycles. The molecule has 0 unspecified atom stereocenters. The van der Waals surface area contributed by atoms with Gasteiger partial charge in [0.05, 0.1) is 0 Å². The average molecular weight is 175 g/mol. The molecule has 0 aliphatic carbocycles. The topological polar surface area (TPSA) is 32.3 Å². The molecule has 0 amide bonds. The van der Waals surface area contributed by atoms with E-state index in [1.165, 1.54) is 5.57 Å². The van der Waals surface area contributed by atoms with Crippen molar-refractivity contribution in [2.24, 2.45) is 0 Å². The van der Waals surface area contributed by atoms with Crippen molar-refractivity contribution in [3.63, 3.8) is 0 Å². The minimum absolute atomic E-state index is 0.334.